The van der Waals surface area contributed by atoms with Gasteiger partial charge >= 0.3 is 0 Å². The van der Waals surface area contributed by atoms with E-state index in [-0.39, 0.29) is 0 Å². The Bertz CT molecular complexity index is 700. The van der Waals surface area contributed by atoms with Gasteiger partial charge < -0.3 is 9.15 Å². The van der Waals surface area contributed by atoms with Crippen molar-refractivity contribution in [3.8, 4) is 22.8 Å². The highest BCUT2D eigenvalue weighted by atomic mass is 35.5. The molecule has 0 N–H and O–H groups in total. The van der Waals surface area contributed by atoms with E-state index in [1.54, 1.807) is 12.3 Å². The van der Waals surface area contributed by atoms with Gasteiger partial charge in [0.2, 0.25) is 0 Å². The van der Waals surface area contributed by atoms with E-state index in [1.807, 2.05) is 55.5 Å². The van der Waals surface area contributed by atoms with Crippen LogP contribution in [0.1, 0.15) is 5.56 Å². The van der Waals surface area contributed by atoms with Gasteiger partial charge in [-0.2, -0.15) is 0 Å². The lowest BCUT2D eigenvalue weighted by atomic mass is 10.1. The predicted molar refractivity (Wildman–Crippen MR) is 80.4 cm³/mol. The number of furan rings is 1. The molecule has 2 nitrogen and oxygen atoms in total. The molecule has 0 bridgehead atoms. The van der Waals surface area contributed by atoms with E-state index in [9.17, 15) is 0 Å². The topological polar surface area (TPSA) is 22.4 Å². The predicted octanol–water partition coefficient (Wildman–Crippen LogP) is 5.70. The summed E-state index contributed by atoms with van der Waals surface area (Å²) in [4.78, 5) is 0. The Morgan fingerprint density at radius 1 is 0.950 bits per heavy atom. The van der Waals surface area contributed by atoms with Crippen LogP contribution < -0.4 is 4.74 Å². The van der Waals surface area contributed by atoms with Gasteiger partial charge in [0.25, 0.3) is 0 Å². The third-order valence-electron chi connectivity index (χ3n) is 2.99. The molecule has 3 heteroatoms. The van der Waals surface area contributed by atoms with Crippen LogP contribution in [0.5, 0.6) is 11.5 Å². The van der Waals surface area contributed by atoms with Crippen LogP contribution in [0, 0.1) is 6.92 Å². The lowest BCUT2D eigenvalue weighted by molar-refractivity contribution is 0.481. The number of aryl methyl sites for hydroxylation is 1. The third-order valence-corrected chi connectivity index (χ3v) is 3.29. The highest BCUT2D eigenvalue weighted by Gasteiger charge is 2.13. The van der Waals surface area contributed by atoms with Crippen LogP contribution in [0.15, 0.2) is 65.3 Å². The second-order valence-electron chi connectivity index (χ2n) is 4.51. The zero-order chi connectivity index (χ0) is 13.9. The number of rotatable bonds is 3. The molecule has 0 aliphatic carbocycles. The van der Waals surface area contributed by atoms with Gasteiger partial charge in [-0.3, -0.25) is 0 Å². The molecule has 0 spiro atoms. The van der Waals surface area contributed by atoms with Gasteiger partial charge in [0.05, 0.1) is 16.8 Å². The zero-order valence-electron chi connectivity index (χ0n) is 11.0. The molecule has 100 valence electrons. The second-order valence-corrected chi connectivity index (χ2v) is 4.92. The fourth-order valence-electron chi connectivity index (χ4n) is 1.96. The van der Waals surface area contributed by atoms with Crippen molar-refractivity contribution in [2.45, 2.75) is 6.92 Å². The van der Waals surface area contributed by atoms with Crippen LogP contribution in [0.3, 0.4) is 0 Å². The van der Waals surface area contributed by atoms with Crippen molar-refractivity contribution in [1.82, 2.24) is 0 Å². The summed E-state index contributed by atoms with van der Waals surface area (Å²) in [7, 11) is 0. The van der Waals surface area contributed by atoms with E-state index < -0.39 is 0 Å². The Hall–Kier alpha value is -2.19. The van der Waals surface area contributed by atoms with Crippen LogP contribution in [0.2, 0.25) is 5.02 Å². The van der Waals surface area contributed by atoms with Crippen LogP contribution in [-0.2, 0) is 0 Å². The molecule has 1 heterocycles. The van der Waals surface area contributed by atoms with Crippen LogP contribution in [-0.4, -0.2) is 0 Å². The fraction of sp³-hybridized carbons (Fsp3) is 0.0588. The first-order chi connectivity index (χ1) is 9.74. The standard InChI is InChI=1S/C17H13ClO2/c1-12-7-9-13(10-8-12)20-17-14(4-2-5-15(17)18)16-6-3-11-19-16/h2-11H,1H3. The molecule has 0 fully saturated rings. The molecule has 0 saturated carbocycles. The number of halogens is 1. The summed E-state index contributed by atoms with van der Waals surface area (Å²) in [6.07, 6.45) is 1.63. The Balaban J connectivity index is 2.02. The highest BCUT2D eigenvalue weighted by Crippen LogP contribution is 2.39. The first-order valence-electron chi connectivity index (χ1n) is 6.31. The van der Waals surface area contributed by atoms with E-state index in [2.05, 4.69) is 0 Å². The first-order valence-corrected chi connectivity index (χ1v) is 6.69. The molecule has 0 amide bonds. The van der Waals surface area contributed by atoms with Crippen molar-refractivity contribution in [1.29, 1.82) is 0 Å². The zero-order valence-corrected chi connectivity index (χ0v) is 11.7. The minimum absolute atomic E-state index is 0.555. The Kier molecular flexibility index (Phi) is 3.48. The average Bonchev–Trinajstić information content (AvgIpc) is 2.97. The SMILES string of the molecule is Cc1ccc(Oc2c(Cl)cccc2-c2ccco2)cc1. The summed E-state index contributed by atoms with van der Waals surface area (Å²) < 4.78 is 11.4. The minimum Gasteiger partial charge on any atom is -0.464 e. The number of ether oxygens (including phenoxy) is 1. The Morgan fingerprint density at radius 3 is 2.45 bits per heavy atom. The van der Waals surface area contributed by atoms with Gasteiger partial charge in [0.15, 0.2) is 5.75 Å². The van der Waals surface area contributed by atoms with Crippen molar-refractivity contribution >= 4 is 11.6 Å². The van der Waals surface area contributed by atoms with Gasteiger partial charge in [0, 0.05) is 0 Å². The molecular formula is C17H13ClO2. The summed E-state index contributed by atoms with van der Waals surface area (Å²) in [6, 6.07) is 17.2. The van der Waals surface area contributed by atoms with Crippen LogP contribution in [0.4, 0.5) is 0 Å². The summed E-state index contributed by atoms with van der Waals surface area (Å²) in [6.45, 7) is 2.04. The monoisotopic (exact) mass is 284 g/mol. The molecule has 0 unspecified atom stereocenters. The summed E-state index contributed by atoms with van der Waals surface area (Å²) in [5.41, 5.74) is 2.02. The molecule has 0 atom stereocenters. The molecule has 3 aromatic rings. The smallest absolute Gasteiger partial charge is 0.156 e. The number of benzene rings is 2. The lowest BCUT2D eigenvalue weighted by Gasteiger charge is -2.11. The van der Waals surface area contributed by atoms with Crippen LogP contribution in [0.25, 0.3) is 11.3 Å². The third kappa shape index (κ3) is 2.56. The maximum absolute atomic E-state index is 6.26. The van der Waals surface area contributed by atoms with Crippen molar-refractivity contribution in [2.24, 2.45) is 0 Å². The van der Waals surface area contributed by atoms with Crippen molar-refractivity contribution in [3.05, 3.63) is 71.4 Å². The van der Waals surface area contributed by atoms with Gasteiger partial charge in [-0.25, -0.2) is 0 Å². The van der Waals surface area contributed by atoms with Gasteiger partial charge in [-0.15, -0.1) is 0 Å². The average molecular weight is 285 g/mol. The quantitative estimate of drug-likeness (QED) is 0.615. The summed E-state index contributed by atoms with van der Waals surface area (Å²) in [5, 5.41) is 0.555. The molecule has 0 aliphatic rings. The van der Waals surface area contributed by atoms with Crippen molar-refractivity contribution in [2.75, 3.05) is 0 Å². The van der Waals surface area contributed by atoms with E-state index >= 15 is 0 Å². The van der Waals surface area contributed by atoms with Crippen molar-refractivity contribution in [3.63, 3.8) is 0 Å². The number of para-hydroxylation sites is 1. The van der Waals surface area contributed by atoms with E-state index in [4.69, 9.17) is 20.8 Å². The molecule has 2 aromatic carbocycles. The maximum Gasteiger partial charge on any atom is 0.156 e. The van der Waals surface area contributed by atoms with Gasteiger partial charge in [-0.1, -0.05) is 35.4 Å². The molecule has 3 rings (SSSR count). The largest absolute Gasteiger partial charge is 0.464 e. The first kappa shape index (κ1) is 12.8. The lowest BCUT2D eigenvalue weighted by Crippen LogP contribution is -1.89. The fourth-order valence-corrected chi connectivity index (χ4v) is 2.18. The summed E-state index contributed by atoms with van der Waals surface area (Å²) in [5.74, 6) is 2.08. The van der Waals surface area contributed by atoms with Crippen molar-refractivity contribution < 1.29 is 9.15 Å². The van der Waals surface area contributed by atoms with Gasteiger partial charge in [-0.05, 0) is 43.3 Å². The molecule has 0 saturated heterocycles. The van der Waals surface area contributed by atoms with E-state index in [1.165, 1.54) is 5.56 Å². The minimum atomic E-state index is 0.555. The second kappa shape index (κ2) is 5.43. The maximum atomic E-state index is 6.26. The number of hydrogen-bond acceptors (Lipinski definition) is 2. The van der Waals surface area contributed by atoms with E-state index in [0.29, 0.717) is 10.8 Å². The molecule has 1 aromatic heterocycles. The normalized spacial score (nSPS) is 10.5. The van der Waals surface area contributed by atoms with Crippen LogP contribution >= 0.6 is 11.6 Å². The Morgan fingerprint density at radius 2 is 1.75 bits per heavy atom. The molecule has 20 heavy (non-hydrogen) atoms. The molecule has 0 aliphatic heterocycles. The van der Waals surface area contributed by atoms with E-state index in [0.717, 1.165) is 17.1 Å². The Labute approximate surface area is 122 Å². The highest BCUT2D eigenvalue weighted by molar-refractivity contribution is 6.32. The number of hydrogen-bond donors (Lipinski definition) is 0. The molecular weight excluding hydrogens is 272 g/mol. The van der Waals surface area contributed by atoms with Gasteiger partial charge in [0.1, 0.15) is 11.5 Å². The summed E-state index contributed by atoms with van der Waals surface area (Å²) >= 11 is 6.26. The molecule has 0 radical (unpaired) electrons.